The predicted octanol–water partition coefficient (Wildman–Crippen LogP) is 7.16. The van der Waals surface area contributed by atoms with Crippen LogP contribution in [0.2, 0.25) is 0 Å². The van der Waals surface area contributed by atoms with Gasteiger partial charge in [0, 0.05) is 11.8 Å². The predicted molar refractivity (Wildman–Crippen MR) is 249 cm³/mol. The molecule has 0 fully saturated rings. The van der Waals surface area contributed by atoms with Gasteiger partial charge < -0.3 is 27.8 Å². The van der Waals surface area contributed by atoms with Gasteiger partial charge in [0.2, 0.25) is 11.6 Å². The van der Waals surface area contributed by atoms with Gasteiger partial charge in [0.25, 0.3) is 0 Å². The summed E-state index contributed by atoms with van der Waals surface area (Å²) in [5.41, 5.74) is 0.864. The van der Waals surface area contributed by atoms with Crippen LogP contribution in [-0.2, 0) is 31.2 Å². The van der Waals surface area contributed by atoms with Gasteiger partial charge in [0.1, 0.15) is 57.5 Å². The van der Waals surface area contributed by atoms with Crippen LogP contribution in [-0.4, -0.2) is 105 Å². The largest absolute Gasteiger partial charge is 0.494 e. The number of rotatable bonds is 18. The van der Waals surface area contributed by atoms with Gasteiger partial charge in [0.15, 0.2) is 54.5 Å². The van der Waals surface area contributed by atoms with Gasteiger partial charge in [-0.3, -0.25) is 9.13 Å². The number of methoxy groups -OCH3 is 4. The highest BCUT2D eigenvalue weighted by Crippen LogP contribution is 2.39. The van der Waals surface area contributed by atoms with Crippen molar-refractivity contribution in [3.63, 3.8) is 0 Å². The quantitative estimate of drug-likeness (QED) is 0.0827. The molecule has 0 unspecified atom stereocenters. The van der Waals surface area contributed by atoms with Crippen molar-refractivity contribution in [3.8, 4) is 57.5 Å². The van der Waals surface area contributed by atoms with E-state index in [1.54, 1.807) is 97.5 Å². The molecule has 0 saturated carbocycles. The Morgan fingerprint density at radius 1 is 0.514 bits per heavy atom. The molecule has 8 rings (SSSR count). The zero-order chi connectivity index (χ0) is 50.3. The molecule has 8 aromatic rings. The number of aromatic nitrogens is 10. The van der Waals surface area contributed by atoms with E-state index in [0.29, 0.717) is 45.9 Å². The standard InChI is InChI=1S/2C23H24FN5O5S/c2*1-14(22-25-11-16(24)12-26-22)15(2)35(30,31)13-20-27-28-23(19-9-6-10-34-19)29(20)21-17(32-3)7-5-8-18(21)33-4/h2*5-12,14-15H,13H2,1-4H3/t2*14-,15+/m10/s1. The SMILES string of the molecule is COc1cccc(OC)c1-n1c(CS(=O)(=O)[C@@H](C)[C@@H](C)c2ncc(F)cn2)nnc1-c1ccco1.COc1cccc(OC)c1-n1c(CS(=O)(=O)[C@H](C)[C@H](C)c2ncc(F)cn2)nnc1-c1ccco1. The number of halogens is 2. The summed E-state index contributed by atoms with van der Waals surface area (Å²) in [6.45, 7) is 6.48. The molecular formula is C46H48F2N10O10S2. The Morgan fingerprint density at radius 2 is 0.843 bits per heavy atom. The number of hydrogen-bond donors (Lipinski definition) is 0. The van der Waals surface area contributed by atoms with Crippen molar-refractivity contribution >= 4 is 19.7 Å². The lowest BCUT2D eigenvalue weighted by molar-refractivity contribution is 0.390. The third-order valence-electron chi connectivity index (χ3n) is 11.5. The molecule has 4 atom stereocenters. The maximum Gasteiger partial charge on any atom is 0.204 e. The van der Waals surface area contributed by atoms with Crippen LogP contribution in [0.3, 0.4) is 0 Å². The van der Waals surface area contributed by atoms with E-state index >= 15 is 0 Å². The number of benzene rings is 2. The molecule has 2 aromatic carbocycles. The minimum Gasteiger partial charge on any atom is -0.494 e. The van der Waals surface area contributed by atoms with E-state index in [4.69, 9.17) is 27.8 Å². The molecule has 24 heteroatoms. The second-order valence-electron chi connectivity index (χ2n) is 15.6. The van der Waals surface area contributed by atoms with Crippen molar-refractivity contribution in [2.45, 2.75) is 61.5 Å². The lowest BCUT2D eigenvalue weighted by atomic mass is 10.1. The van der Waals surface area contributed by atoms with E-state index in [1.165, 1.54) is 41.0 Å². The van der Waals surface area contributed by atoms with E-state index in [2.05, 4.69) is 40.3 Å². The molecule has 0 bridgehead atoms. The summed E-state index contributed by atoms with van der Waals surface area (Å²) in [4.78, 5) is 15.8. The topological polar surface area (TPSA) is 244 Å². The third-order valence-corrected chi connectivity index (χ3v) is 15.9. The van der Waals surface area contributed by atoms with Crippen LogP contribution in [0, 0.1) is 11.6 Å². The average molecular weight is 1000 g/mol. The number of ether oxygens (including phenoxy) is 4. The van der Waals surface area contributed by atoms with E-state index < -0.39 is 65.2 Å². The molecule has 0 spiro atoms. The van der Waals surface area contributed by atoms with Crippen molar-refractivity contribution in [1.29, 1.82) is 0 Å². The summed E-state index contributed by atoms with van der Waals surface area (Å²) in [7, 11) is -1.62. The monoisotopic (exact) mass is 1000 g/mol. The van der Waals surface area contributed by atoms with Crippen LogP contribution in [0.1, 0.15) is 62.8 Å². The highest BCUT2D eigenvalue weighted by Gasteiger charge is 2.35. The van der Waals surface area contributed by atoms with Crippen molar-refractivity contribution in [1.82, 2.24) is 49.5 Å². The van der Waals surface area contributed by atoms with Gasteiger partial charge in [-0.05, 0) is 62.4 Å². The fourth-order valence-corrected chi connectivity index (χ4v) is 10.4. The lowest BCUT2D eigenvalue weighted by Crippen LogP contribution is -2.27. The smallest absolute Gasteiger partial charge is 0.204 e. The number of hydrogen-bond acceptors (Lipinski definition) is 18. The van der Waals surface area contributed by atoms with E-state index in [0.717, 1.165) is 24.8 Å². The summed E-state index contributed by atoms with van der Waals surface area (Å²) in [5, 5.41) is 15.0. The summed E-state index contributed by atoms with van der Waals surface area (Å²) in [6.07, 6.45) is 7.01. The fourth-order valence-electron chi connectivity index (χ4n) is 7.30. The summed E-state index contributed by atoms with van der Waals surface area (Å²) in [6, 6.07) is 17.2. The van der Waals surface area contributed by atoms with Crippen LogP contribution >= 0.6 is 0 Å². The Bertz CT molecular complexity index is 2980. The van der Waals surface area contributed by atoms with E-state index in [1.807, 2.05) is 0 Å². The Labute approximate surface area is 401 Å². The van der Waals surface area contributed by atoms with Gasteiger partial charge in [-0.15, -0.1) is 20.4 Å². The minimum absolute atomic E-state index is 0.137. The van der Waals surface area contributed by atoms with Crippen LogP contribution in [0.5, 0.6) is 23.0 Å². The number of sulfone groups is 2. The molecule has 6 heterocycles. The summed E-state index contributed by atoms with van der Waals surface area (Å²) < 4.78 is 117. The first-order valence-electron chi connectivity index (χ1n) is 21.3. The normalized spacial score (nSPS) is 13.4. The number of furan rings is 2. The molecule has 6 aromatic heterocycles. The third kappa shape index (κ3) is 10.5. The summed E-state index contributed by atoms with van der Waals surface area (Å²) in [5.74, 6) is 0.493. The Hall–Kier alpha value is -7.60. The Kier molecular flexibility index (Phi) is 15.3. The fraction of sp³-hybridized carbons (Fsp3) is 0.304. The Morgan fingerprint density at radius 3 is 1.13 bits per heavy atom. The molecule has 368 valence electrons. The molecule has 0 radical (unpaired) electrons. The van der Waals surface area contributed by atoms with Gasteiger partial charge in [-0.2, -0.15) is 0 Å². The van der Waals surface area contributed by atoms with Gasteiger partial charge in [-0.25, -0.2) is 45.6 Å². The second kappa shape index (κ2) is 21.4. The Balaban J connectivity index is 0.000000206. The van der Waals surface area contributed by atoms with Crippen LogP contribution in [0.25, 0.3) is 34.5 Å². The molecule has 0 N–H and O–H groups in total. The molecule has 0 amide bonds. The van der Waals surface area contributed by atoms with Crippen molar-refractivity contribution in [3.05, 3.63) is 133 Å². The van der Waals surface area contributed by atoms with Crippen LogP contribution in [0.15, 0.2) is 107 Å². The van der Waals surface area contributed by atoms with E-state index in [-0.39, 0.29) is 34.9 Å². The maximum atomic E-state index is 13.5. The second-order valence-corrected chi connectivity index (χ2v) is 20.4. The van der Waals surface area contributed by atoms with Crippen molar-refractivity contribution in [2.24, 2.45) is 0 Å². The van der Waals surface area contributed by atoms with Crippen LogP contribution < -0.4 is 18.9 Å². The number of nitrogens with zero attached hydrogens (tertiary/aromatic N) is 10. The first kappa shape index (κ1) is 50.3. The minimum atomic E-state index is -3.81. The first-order chi connectivity index (χ1) is 33.5. The highest BCUT2D eigenvalue weighted by molar-refractivity contribution is 7.91. The zero-order valence-corrected chi connectivity index (χ0v) is 40.7. The first-order valence-corrected chi connectivity index (χ1v) is 24.7. The summed E-state index contributed by atoms with van der Waals surface area (Å²) >= 11 is 0. The zero-order valence-electron chi connectivity index (χ0n) is 39.1. The van der Waals surface area contributed by atoms with Gasteiger partial charge >= 0.3 is 0 Å². The molecule has 70 heavy (non-hydrogen) atoms. The van der Waals surface area contributed by atoms with Crippen LogP contribution in [0.4, 0.5) is 8.78 Å². The molecule has 0 aliphatic rings. The highest BCUT2D eigenvalue weighted by atomic mass is 32.2. The van der Waals surface area contributed by atoms with Crippen molar-refractivity contribution in [2.75, 3.05) is 28.4 Å². The molecule has 0 saturated heterocycles. The molecular weight excluding hydrogens is 955 g/mol. The average Bonchev–Trinajstić information content (AvgIpc) is 4.22. The molecule has 20 nitrogen and oxygen atoms in total. The lowest BCUT2D eigenvalue weighted by Gasteiger charge is -2.20. The number of para-hydroxylation sites is 2. The molecule has 0 aliphatic heterocycles. The van der Waals surface area contributed by atoms with Gasteiger partial charge in [-0.1, -0.05) is 26.0 Å². The molecule has 0 aliphatic carbocycles. The van der Waals surface area contributed by atoms with E-state index in [9.17, 15) is 25.6 Å². The van der Waals surface area contributed by atoms with Gasteiger partial charge in [0.05, 0.1) is 76.3 Å². The van der Waals surface area contributed by atoms with Crippen molar-refractivity contribution < 1.29 is 53.4 Å². The maximum absolute atomic E-state index is 13.5.